The molecular weight excluding hydrogens is 216 g/mol. The highest BCUT2D eigenvalue weighted by atomic mass is 32.1. The van der Waals surface area contributed by atoms with Gasteiger partial charge in [0, 0.05) is 18.3 Å². The largest absolute Gasteiger partial charge is 0.311 e. The minimum absolute atomic E-state index is 0.877. The number of nitrogens with one attached hydrogen (secondary N) is 1. The second-order valence-corrected chi connectivity index (χ2v) is 4.62. The number of aromatic nitrogens is 1. The van der Waals surface area contributed by atoms with Gasteiger partial charge in [-0.1, -0.05) is 37.3 Å². The molecule has 2 aromatic rings. The minimum atomic E-state index is 0.877. The summed E-state index contributed by atoms with van der Waals surface area (Å²) in [6.45, 7) is 3.98. The second-order valence-electron chi connectivity index (χ2n) is 3.68. The number of hydrogen-bond donors (Lipinski definition) is 1. The number of benzene rings is 1. The molecule has 1 N–H and O–H groups in total. The van der Waals surface area contributed by atoms with Crippen LogP contribution < -0.4 is 5.32 Å². The Morgan fingerprint density at radius 1 is 1.25 bits per heavy atom. The quantitative estimate of drug-likeness (QED) is 0.857. The first-order valence-corrected chi connectivity index (χ1v) is 6.44. The van der Waals surface area contributed by atoms with Gasteiger partial charge in [-0.15, -0.1) is 11.3 Å². The van der Waals surface area contributed by atoms with Gasteiger partial charge in [0.25, 0.3) is 0 Å². The van der Waals surface area contributed by atoms with Crippen LogP contribution in [0.15, 0.2) is 35.7 Å². The summed E-state index contributed by atoms with van der Waals surface area (Å²) in [6.07, 6.45) is 0.942. The second kappa shape index (κ2) is 5.77. The van der Waals surface area contributed by atoms with Gasteiger partial charge in [0.1, 0.15) is 0 Å². The molecule has 2 nitrogen and oxygen atoms in total. The van der Waals surface area contributed by atoms with Crippen molar-refractivity contribution in [2.24, 2.45) is 0 Å². The lowest BCUT2D eigenvalue weighted by Crippen LogP contribution is -2.11. The number of thiazole rings is 1. The van der Waals surface area contributed by atoms with Crippen molar-refractivity contribution in [3.63, 3.8) is 0 Å². The smallest absolute Gasteiger partial charge is 0.0972 e. The van der Waals surface area contributed by atoms with Crippen molar-refractivity contribution in [1.29, 1.82) is 0 Å². The Morgan fingerprint density at radius 3 is 2.81 bits per heavy atom. The number of hydrogen-bond acceptors (Lipinski definition) is 3. The average Bonchev–Trinajstić information content (AvgIpc) is 2.75. The standard InChI is InChI=1S/C13H16N2S/c1-2-14-9-12-10-16-13(15-12)8-11-6-4-3-5-7-11/h3-7,10,14H,2,8-9H2,1H3. The van der Waals surface area contributed by atoms with E-state index in [4.69, 9.17) is 0 Å². The van der Waals surface area contributed by atoms with Crippen molar-refractivity contribution in [2.45, 2.75) is 19.9 Å². The van der Waals surface area contributed by atoms with Crippen molar-refractivity contribution in [3.8, 4) is 0 Å². The monoisotopic (exact) mass is 232 g/mol. The van der Waals surface area contributed by atoms with Crippen molar-refractivity contribution < 1.29 is 0 Å². The molecule has 0 unspecified atom stereocenters. The summed E-state index contributed by atoms with van der Waals surface area (Å²) in [4.78, 5) is 4.60. The Morgan fingerprint density at radius 2 is 2.06 bits per heavy atom. The third-order valence-electron chi connectivity index (χ3n) is 2.35. The molecule has 0 atom stereocenters. The zero-order chi connectivity index (χ0) is 11.2. The molecule has 2 rings (SSSR count). The summed E-state index contributed by atoms with van der Waals surface area (Å²) >= 11 is 1.74. The lowest BCUT2D eigenvalue weighted by molar-refractivity contribution is 0.712. The third kappa shape index (κ3) is 3.15. The molecular formula is C13H16N2S. The molecule has 3 heteroatoms. The van der Waals surface area contributed by atoms with Gasteiger partial charge in [-0.25, -0.2) is 4.98 Å². The van der Waals surface area contributed by atoms with Gasteiger partial charge in [-0.05, 0) is 12.1 Å². The number of nitrogens with zero attached hydrogens (tertiary/aromatic N) is 1. The average molecular weight is 232 g/mol. The molecule has 16 heavy (non-hydrogen) atoms. The van der Waals surface area contributed by atoms with Gasteiger partial charge in [-0.3, -0.25) is 0 Å². The Kier molecular flexibility index (Phi) is 4.08. The molecule has 0 fully saturated rings. The molecule has 1 heterocycles. The predicted molar refractivity (Wildman–Crippen MR) is 68.7 cm³/mol. The van der Waals surface area contributed by atoms with Crippen molar-refractivity contribution >= 4 is 11.3 Å². The first-order chi connectivity index (χ1) is 7.88. The molecule has 0 aliphatic carbocycles. The van der Waals surface area contributed by atoms with Crippen LogP contribution in [-0.2, 0) is 13.0 Å². The first-order valence-electron chi connectivity index (χ1n) is 5.56. The Bertz CT molecular complexity index is 423. The molecule has 0 saturated carbocycles. The molecule has 0 aliphatic rings. The molecule has 0 radical (unpaired) electrons. The highest BCUT2D eigenvalue weighted by molar-refractivity contribution is 7.09. The summed E-state index contributed by atoms with van der Waals surface area (Å²) in [5.74, 6) is 0. The normalized spacial score (nSPS) is 10.6. The summed E-state index contributed by atoms with van der Waals surface area (Å²) < 4.78 is 0. The van der Waals surface area contributed by atoms with Gasteiger partial charge < -0.3 is 5.32 Å². The molecule has 0 saturated heterocycles. The van der Waals surface area contributed by atoms with Crippen molar-refractivity contribution in [1.82, 2.24) is 10.3 Å². The van der Waals surface area contributed by atoms with E-state index in [2.05, 4.69) is 46.9 Å². The molecule has 0 spiro atoms. The number of rotatable bonds is 5. The Labute approximate surface area is 100 Å². The zero-order valence-corrected chi connectivity index (χ0v) is 10.3. The predicted octanol–water partition coefficient (Wildman–Crippen LogP) is 2.84. The maximum absolute atomic E-state index is 4.60. The molecule has 0 amide bonds. The zero-order valence-electron chi connectivity index (χ0n) is 9.44. The van der Waals surface area contributed by atoms with Crippen LogP contribution in [0, 0.1) is 0 Å². The Hall–Kier alpha value is -1.19. The maximum atomic E-state index is 4.60. The van der Waals surface area contributed by atoms with Crippen LogP contribution in [0.3, 0.4) is 0 Å². The van der Waals surface area contributed by atoms with Crippen molar-refractivity contribution in [3.05, 3.63) is 52.0 Å². The summed E-state index contributed by atoms with van der Waals surface area (Å²) in [5.41, 5.74) is 2.48. The molecule has 1 aromatic heterocycles. The highest BCUT2D eigenvalue weighted by Gasteiger charge is 2.02. The third-order valence-corrected chi connectivity index (χ3v) is 3.25. The van der Waals surface area contributed by atoms with E-state index in [9.17, 15) is 0 Å². The van der Waals surface area contributed by atoms with Gasteiger partial charge >= 0.3 is 0 Å². The van der Waals surface area contributed by atoms with Gasteiger partial charge in [-0.2, -0.15) is 0 Å². The first kappa shape index (κ1) is 11.3. The molecule has 1 aromatic carbocycles. The van der Waals surface area contributed by atoms with E-state index in [1.165, 1.54) is 10.6 Å². The molecule has 84 valence electrons. The van der Waals surface area contributed by atoms with Crippen LogP contribution in [0.2, 0.25) is 0 Å². The fraction of sp³-hybridized carbons (Fsp3) is 0.308. The molecule has 0 bridgehead atoms. The van der Waals surface area contributed by atoms with Gasteiger partial charge in [0.05, 0.1) is 10.7 Å². The van der Waals surface area contributed by atoms with Crippen LogP contribution in [0.1, 0.15) is 23.2 Å². The van der Waals surface area contributed by atoms with Crippen LogP contribution >= 0.6 is 11.3 Å². The fourth-order valence-electron chi connectivity index (χ4n) is 1.53. The molecule has 0 aliphatic heterocycles. The van der Waals surface area contributed by atoms with Gasteiger partial charge in [0.2, 0.25) is 0 Å². The van der Waals surface area contributed by atoms with Crippen LogP contribution in [-0.4, -0.2) is 11.5 Å². The van der Waals surface area contributed by atoms with Crippen LogP contribution in [0.5, 0.6) is 0 Å². The van der Waals surface area contributed by atoms with E-state index in [-0.39, 0.29) is 0 Å². The van der Waals surface area contributed by atoms with E-state index in [0.717, 1.165) is 25.2 Å². The maximum Gasteiger partial charge on any atom is 0.0972 e. The van der Waals surface area contributed by atoms with Gasteiger partial charge in [0.15, 0.2) is 0 Å². The SMILES string of the molecule is CCNCc1csc(Cc2ccccc2)n1. The van der Waals surface area contributed by atoms with E-state index >= 15 is 0 Å². The van der Waals surface area contributed by atoms with E-state index in [0.29, 0.717) is 0 Å². The fourth-order valence-corrected chi connectivity index (χ4v) is 2.36. The highest BCUT2D eigenvalue weighted by Crippen LogP contribution is 2.14. The Balaban J connectivity index is 1.97. The van der Waals surface area contributed by atoms with Crippen LogP contribution in [0.25, 0.3) is 0 Å². The summed E-state index contributed by atoms with van der Waals surface area (Å²) in [7, 11) is 0. The lowest BCUT2D eigenvalue weighted by Gasteiger charge is -1.97. The van der Waals surface area contributed by atoms with E-state index < -0.39 is 0 Å². The summed E-state index contributed by atoms with van der Waals surface area (Å²) in [5, 5.41) is 6.62. The topological polar surface area (TPSA) is 24.9 Å². The van der Waals surface area contributed by atoms with Crippen molar-refractivity contribution in [2.75, 3.05) is 6.54 Å². The van der Waals surface area contributed by atoms with Crippen LogP contribution in [0.4, 0.5) is 0 Å². The van der Waals surface area contributed by atoms with E-state index in [1.54, 1.807) is 11.3 Å². The lowest BCUT2D eigenvalue weighted by atomic mass is 10.2. The minimum Gasteiger partial charge on any atom is -0.311 e. The summed E-state index contributed by atoms with van der Waals surface area (Å²) in [6, 6.07) is 10.5. The van der Waals surface area contributed by atoms with E-state index in [1.807, 2.05) is 6.07 Å².